The molecule has 4 nitrogen and oxygen atoms in total. The number of hydrogen-bond donors (Lipinski definition) is 0. The summed E-state index contributed by atoms with van der Waals surface area (Å²) in [4.78, 5) is 11.4. The van der Waals surface area contributed by atoms with Crippen LogP contribution in [0.1, 0.15) is 36.1 Å². The topological polar surface area (TPSA) is 44.8 Å². The summed E-state index contributed by atoms with van der Waals surface area (Å²) in [5, 5.41) is 0. The molecule has 0 fully saturated rings. The van der Waals surface area contributed by atoms with Crippen molar-refractivity contribution in [2.24, 2.45) is 0 Å². The molecular formula is C20H20F4O4. The van der Waals surface area contributed by atoms with E-state index >= 15 is 0 Å². The highest BCUT2D eigenvalue weighted by molar-refractivity contribution is 5.64. The van der Waals surface area contributed by atoms with Crippen molar-refractivity contribution in [1.29, 1.82) is 0 Å². The van der Waals surface area contributed by atoms with Crippen LogP contribution in [0, 0.1) is 5.82 Å². The lowest BCUT2D eigenvalue weighted by atomic mass is 10.0. The van der Waals surface area contributed by atoms with Crippen LogP contribution in [0.2, 0.25) is 0 Å². The van der Waals surface area contributed by atoms with E-state index in [1.165, 1.54) is 6.07 Å². The van der Waals surface area contributed by atoms with Gasteiger partial charge in [0, 0.05) is 11.6 Å². The zero-order valence-corrected chi connectivity index (χ0v) is 15.7. The van der Waals surface area contributed by atoms with Crippen molar-refractivity contribution in [3.05, 3.63) is 58.4 Å². The molecule has 0 unspecified atom stereocenters. The van der Waals surface area contributed by atoms with Crippen LogP contribution < -0.4 is 9.47 Å². The van der Waals surface area contributed by atoms with Gasteiger partial charge in [0.2, 0.25) is 0 Å². The van der Waals surface area contributed by atoms with Crippen molar-refractivity contribution >= 4 is 6.16 Å². The Morgan fingerprint density at radius 3 is 2.29 bits per heavy atom. The van der Waals surface area contributed by atoms with Crippen molar-refractivity contribution in [3.8, 4) is 11.5 Å². The number of aryl methyl sites for hydroxylation is 2. The highest BCUT2D eigenvalue weighted by atomic mass is 19.4. The number of ether oxygens (including phenoxy) is 3. The van der Waals surface area contributed by atoms with Crippen LogP contribution in [0.15, 0.2) is 30.3 Å². The van der Waals surface area contributed by atoms with Gasteiger partial charge in [0.1, 0.15) is 23.9 Å². The summed E-state index contributed by atoms with van der Waals surface area (Å²) in [5.41, 5.74) is -0.243. The van der Waals surface area contributed by atoms with Gasteiger partial charge in [-0.05, 0) is 42.2 Å². The first-order chi connectivity index (χ1) is 13.2. The molecule has 0 amide bonds. The van der Waals surface area contributed by atoms with Gasteiger partial charge in [-0.3, -0.25) is 0 Å². The predicted octanol–water partition coefficient (Wildman–Crippen LogP) is 5.69. The van der Waals surface area contributed by atoms with Crippen LogP contribution in [0.25, 0.3) is 0 Å². The van der Waals surface area contributed by atoms with E-state index in [1.807, 2.05) is 6.92 Å². The molecule has 0 aliphatic carbocycles. The van der Waals surface area contributed by atoms with E-state index in [0.717, 1.165) is 25.3 Å². The van der Waals surface area contributed by atoms with Gasteiger partial charge < -0.3 is 14.2 Å². The van der Waals surface area contributed by atoms with Gasteiger partial charge in [0.25, 0.3) is 0 Å². The molecule has 28 heavy (non-hydrogen) atoms. The fourth-order valence-electron chi connectivity index (χ4n) is 2.69. The lowest BCUT2D eigenvalue weighted by Crippen LogP contribution is -2.15. The molecule has 0 saturated heterocycles. The second-order valence-corrected chi connectivity index (χ2v) is 5.88. The Balaban J connectivity index is 2.42. The normalized spacial score (nSPS) is 11.2. The summed E-state index contributed by atoms with van der Waals surface area (Å²) in [6.45, 7) is 3.06. The Morgan fingerprint density at radius 2 is 1.71 bits per heavy atom. The van der Waals surface area contributed by atoms with Gasteiger partial charge in [-0.1, -0.05) is 19.9 Å². The van der Waals surface area contributed by atoms with Crippen molar-refractivity contribution in [1.82, 2.24) is 0 Å². The number of benzene rings is 2. The standard InChI is InChI=1S/C20H20F4O4/c1-4-12-9-13(5-2)18(10-16(12)21)27-11-14-15(20(22,23)24)7-6-8-17(14)28-19(25)26-3/h6-10H,4-5,11H2,1-3H3. The van der Waals surface area contributed by atoms with E-state index in [9.17, 15) is 22.4 Å². The number of rotatable bonds is 6. The summed E-state index contributed by atoms with van der Waals surface area (Å²) in [5.74, 6) is -0.701. The van der Waals surface area contributed by atoms with Gasteiger partial charge in [0.05, 0.1) is 12.7 Å². The van der Waals surface area contributed by atoms with Crippen LogP contribution in [0.3, 0.4) is 0 Å². The average Bonchev–Trinajstić information content (AvgIpc) is 2.65. The lowest BCUT2D eigenvalue weighted by molar-refractivity contribution is -0.138. The summed E-state index contributed by atoms with van der Waals surface area (Å²) in [6.07, 6.45) is -4.87. The molecule has 0 heterocycles. The fourth-order valence-corrected chi connectivity index (χ4v) is 2.69. The van der Waals surface area contributed by atoms with E-state index < -0.39 is 30.3 Å². The molecule has 0 radical (unpaired) electrons. The van der Waals surface area contributed by atoms with Crippen LogP contribution in [-0.2, 0) is 30.4 Å². The van der Waals surface area contributed by atoms with Crippen LogP contribution in [0.4, 0.5) is 22.4 Å². The second-order valence-electron chi connectivity index (χ2n) is 5.88. The third kappa shape index (κ3) is 4.94. The molecule has 0 N–H and O–H groups in total. The van der Waals surface area contributed by atoms with Crippen molar-refractivity contribution in [2.45, 2.75) is 39.5 Å². The SMILES string of the molecule is CCc1cc(CC)c(OCc2c(OC(=O)OC)cccc2C(F)(F)F)cc1F. The Morgan fingerprint density at radius 1 is 1.04 bits per heavy atom. The van der Waals surface area contributed by atoms with E-state index in [2.05, 4.69) is 4.74 Å². The zero-order chi connectivity index (χ0) is 20.9. The van der Waals surface area contributed by atoms with E-state index in [-0.39, 0.29) is 17.1 Å². The molecular weight excluding hydrogens is 380 g/mol. The third-order valence-electron chi connectivity index (χ3n) is 4.16. The van der Waals surface area contributed by atoms with E-state index in [4.69, 9.17) is 9.47 Å². The van der Waals surface area contributed by atoms with Crippen molar-refractivity contribution < 1.29 is 36.6 Å². The van der Waals surface area contributed by atoms with E-state index in [1.54, 1.807) is 13.0 Å². The highest BCUT2D eigenvalue weighted by Gasteiger charge is 2.35. The molecule has 0 spiro atoms. The monoisotopic (exact) mass is 400 g/mol. The number of methoxy groups -OCH3 is 1. The van der Waals surface area contributed by atoms with Crippen molar-refractivity contribution in [2.75, 3.05) is 7.11 Å². The Hall–Kier alpha value is -2.77. The van der Waals surface area contributed by atoms with Gasteiger partial charge in [-0.25, -0.2) is 9.18 Å². The maximum Gasteiger partial charge on any atom is 0.513 e. The van der Waals surface area contributed by atoms with Crippen LogP contribution >= 0.6 is 0 Å². The third-order valence-corrected chi connectivity index (χ3v) is 4.16. The van der Waals surface area contributed by atoms with Gasteiger partial charge in [-0.15, -0.1) is 0 Å². The van der Waals surface area contributed by atoms with Gasteiger partial charge in [-0.2, -0.15) is 13.2 Å². The first-order valence-electron chi connectivity index (χ1n) is 8.60. The number of alkyl halides is 3. The molecule has 0 atom stereocenters. The maximum absolute atomic E-state index is 14.1. The maximum atomic E-state index is 14.1. The van der Waals surface area contributed by atoms with Gasteiger partial charge in [0.15, 0.2) is 0 Å². The fraction of sp³-hybridized carbons (Fsp3) is 0.350. The summed E-state index contributed by atoms with van der Waals surface area (Å²) >= 11 is 0. The Kier molecular flexibility index (Phi) is 6.88. The Labute approximate surface area is 160 Å². The molecule has 152 valence electrons. The highest BCUT2D eigenvalue weighted by Crippen LogP contribution is 2.37. The number of halogens is 4. The number of hydrogen-bond acceptors (Lipinski definition) is 4. The summed E-state index contributed by atoms with van der Waals surface area (Å²) in [7, 11) is 1.04. The van der Waals surface area contributed by atoms with Gasteiger partial charge >= 0.3 is 12.3 Å². The summed E-state index contributed by atoms with van der Waals surface area (Å²) in [6, 6.07) is 5.95. The molecule has 2 aromatic rings. The molecule has 2 rings (SSSR count). The largest absolute Gasteiger partial charge is 0.513 e. The second kappa shape index (κ2) is 8.95. The number of carbonyl (C=O) groups excluding carboxylic acids is 1. The molecule has 0 aromatic heterocycles. The predicted molar refractivity (Wildman–Crippen MR) is 94.0 cm³/mol. The quantitative estimate of drug-likeness (QED) is 0.355. The number of carbonyl (C=O) groups is 1. The lowest BCUT2D eigenvalue weighted by Gasteiger charge is -2.18. The minimum atomic E-state index is -4.70. The minimum Gasteiger partial charge on any atom is -0.488 e. The minimum absolute atomic E-state index is 0.137. The molecule has 0 aliphatic rings. The zero-order valence-electron chi connectivity index (χ0n) is 15.7. The smallest absolute Gasteiger partial charge is 0.488 e. The van der Waals surface area contributed by atoms with Crippen molar-refractivity contribution in [3.63, 3.8) is 0 Å². The average molecular weight is 400 g/mol. The first kappa shape index (κ1) is 21.5. The molecule has 0 aliphatic heterocycles. The molecule has 2 aromatic carbocycles. The van der Waals surface area contributed by atoms with Crippen LogP contribution in [0.5, 0.6) is 11.5 Å². The summed E-state index contributed by atoms with van der Waals surface area (Å²) < 4.78 is 69.0. The van der Waals surface area contributed by atoms with Crippen LogP contribution in [-0.4, -0.2) is 13.3 Å². The first-order valence-corrected chi connectivity index (χ1v) is 8.60. The molecule has 8 heteroatoms. The molecule has 0 bridgehead atoms. The van der Waals surface area contributed by atoms with E-state index in [0.29, 0.717) is 24.0 Å². The molecule has 0 saturated carbocycles. The Bertz CT molecular complexity index is 847.